The van der Waals surface area contributed by atoms with Crippen molar-refractivity contribution in [1.82, 2.24) is 19.2 Å². The maximum atomic E-state index is 12.6. The largest absolute Gasteiger partial charge is 0.276 e. The third-order valence-corrected chi connectivity index (χ3v) is 4.32. The first-order valence-electron chi connectivity index (χ1n) is 7.10. The SMILES string of the molecule is CCCn1c(=O)c2ccccc2n2c(SC(C)C#N)nnc12. The van der Waals surface area contributed by atoms with E-state index in [-0.39, 0.29) is 10.8 Å². The number of benzene rings is 1. The van der Waals surface area contributed by atoms with E-state index in [1.54, 1.807) is 4.57 Å². The van der Waals surface area contributed by atoms with Crippen molar-refractivity contribution >= 4 is 28.4 Å². The maximum absolute atomic E-state index is 12.6. The van der Waals surface area contributed by atoms with Crippen LogP contribution in [0.2, 0.25) is 0 Å². The highest BCUT2D eigenvalue weighted by molar-refractivity contribution is 8.00. The van der Waals surface area contributed by atoms with Gasteiger partial charge >= 0.3 is 0 Å². The maximum Gasteiger partial charge on any atom is 0.262 e. The molecule has 0 radical (unpaired) electrons. The van der Waals surface area contributed by atoms with E-state index in [4.69, 9.17) is 5.26 Å². The number of para-hydroxylation sites is 1. The van der Waals surface area contributed by atoms with Crippen molar-refractivity contribution in [3.8, 4) is 6.07 Å². The van der Waals surface area contributed by atoms with Crippen molar-refractivity contribution in [1.29, 1.82) is 5.26 Å². The van der Waals surface area contributed by atoms with Gasteiger partial charge in [0, 0.05) is 6.54 Å². The summed E-state index contributed by atoms with van der Waals surface area (Å²) in [5, 5.41) is 18.4. The van der Waals surface area contributed by atoms with Gasteiger partial charge in [0.25, 0.3) is 5.56 Å². The van der Waals surface area contributed by atoms with Gasteiger partial charge in [0.1, 0.15) is 0 Å². The van der Waals surface area contributed by atoms with Crippen molar-refractivity contribution < 1.29 is 0 Å². The number of thioether (sulfide) groups is 1. The van der Waals surface area contributed by atoms with Crippen molar-refractivity contribution in [3.05, 3.63) is 34.6 Å². The predicted octanol–water partition coefficient (Wildman–Crippen LogP) is 2.46. The molecule has 3 rings (SSSR count). The van der Waals surface area contributed by atoms with Gasteiger partial charge in [0.2, 0.25) is 5.78 Å². The first-order chi connectivity index (χ1) is 10.7. The van der Waals surface area contributed by atoms with Crippen LogP contribution in [0.25, 0.3) is 16.7 Å². The van der Waals surface area contributed by atoms with Gasteiger partial charge in [-0.25, -0.2) is 0 Å². The molecule has 2 aromatic heterocycles. The highest BCUT2D eigenvalue weighted by atomic mass is 32.2. The molecule has 2 heterocycles. The second-order valence-electron chi connectivity index (χ2n) is 4.98. The minimum Gasteiger partial charge on any atom is -0.276 e. The van der Waals surface area contributed by atoms with Crippen molar-refractivity contribution in [2.24, 2.45) is 0 Å². The summed E-state index contributed by atoms with van der Waals surface area (Å²) in [5.74, 6) is 0.526. The Bertz CT molecular complexity index is 937. The summed E-state index contributed by atoms with van der Waals surface area (Å²) >= 11 is 1.34. The fourth-order valence-electron chi connectivity index (χ4n) is 2.42. The molecule has 6 nitrogen and oxygen atoms in total. The quantitative estimate of drug-likeness (QED) is 0.692. The molecule has 0 aliphatic rings. The van der Waals surface area contributed by atoms with Gasteiger partial charge in [-0.15, -0.1) is 10.2 Å². The molecule has 0 fully saturated rings. The third-order valence-electron chi connectivity index (χ3n) is 3.39. The second-order valence-corrected chi connectivity index (χ2v) is 6.29. The smallest absolute Gasteiger partial charge is 0.262 e. The molecule has 0 saturated heterocycles. The number of nitriles is 1. The number of fused-ring (bicyclic) bond motifs is 3. The molecule has 1 unspecified atom stereocenters. The molecule has 0 bridgehead atoms. The summed E-state index contributed by atoms with van der Waals surface area (Å²) < 4.78 is 3.52. The average molecular weight is 313 g/mol. The molecule has 3 aromatic rings. The minimum absolute atomic E-state index is 0.0535. The van der Waals surface area contributed by atoms with Crippen molar-refractivity contribution in [2.45, 2.75) is 37.2 Å². The van der Waals surface area contributed by atoms with E-state index in [2.05, 4.69) is 16.3 Å². The first kappa shape index (κ1) is 14.6. The molecule has 1 atom stereocenters. The van der Waals surface area contributed by atoms with Crippen LogP contribution in [-0.2, 0) is 6.54 Å². The first-order valence-corrected chi connectivity index (χ1v) is 7.98. The van der Waals surface area contributed by atoms with E-state index >= 15 is 0 Å². The standard InChI is InChI=1S/C15H15N5OS/c1-3-8-19-13(21)11-6-4-5-7-12(11)20-14(19)17-18-15(20)22-10(2)9-16/h4-7,10H,3,8H2,1-2H3. The highest BCUT2D eigenvalue weighted by Gasteiger charge is 2.17. The van der Waals surface area contributed by atoms with Gasteiger partial charge in [-0.05, 0) is 25.5 Å². The van der Waals surface area contributed by atoms with E-state index in [1.165, 1.54) is 11.8 Å². The normalized spacial score (nSPS) is 12.6. The molecule has 0 amide bonds. The molecule has 1 aromatic carbocycles. The number of nitrogens with zero attached hydrogens (tertiary/aromatic N) is 5. The summed E-state index contributed by atoms with van der Waals surface area (Å²) in [6.45, 7) is 4.42. The molecule has 112 valence electrons. The second kappa shape index (κ2) is 5.81. The van der Waals surface area contributed by atoms with Gasteiger partial charge in [-0.2, -0.15) is 5.26 Å². The van der Waals surface area contributed by atoms with Crippen LogP contribution in [0.4, 0.5) is 0 Å². The summed E-state index contributed by atoms with van der Waals surface area (Å²) in [7, 11) is 0. The lowest BCUT2D eigenvalue weighted by atomic mass is 10.2. The Labute approximate surface area is 131 Å². The Morgan fingerprint density at radius 2 is 2.14 bits per heavy atom. The molecule has 0 aliphatic heterocycles. The molecular weight excluding hydrogens is 298 g/mol. The molecule has 0 saturated carbocycles. The average Bonchev–Trinajstić information content (AvgIpc) is 2.95. The van der Waals surface area contributed by atoms with Gasteiger partial charge in [-0.3, -0.25) is 13.8 Å². The van der Waals surface area contributed by atoms with Crippen LogP contribution in [0, 0.1) is 11.3 Å². The van der Waals surface area contributed by atoms with Gasteiger partial charge in [-0.1, -0.05) is 30.8 Å². The third kappa shape index (κ3) is 2.25. The molecule has 22 heavy (non-hydrogen) atoms. The number of aryl methyl sites for hydroxylation is 1. The topological polar surface area (TPSA) is 76.0 Å². The monoisotopic (exact) mass is 313 g/mol. The number of rotatable bonds is 4. The number of hydrogen-bond acceptors (Lipinski definition) is 5. The Morgan fingerprint density at radius 1 is 1.36 bits per heavy atom. The Kier molecular flexibility index (Phi) is 3.86. The number of aromatic nitrogens is 4. The Morgan fingerprint density at radius 3 is 2.86 bits per heavy atom. The lowest BCUT2D eigenvalue weighted by Gasteiger charge is -2.10. The zero-order valence-corrected chi connectivity index (χ0v) is 13.2. The summed E-state index contributed by atoms with van der Waals surface area (Å²) in [4.78, 5) is 12.6. The summed E-state index contributed by atoms with van der Waals surface area (Å²) in [6, 6.07) is 9.60. The molecule has 7 heteroatoms. The minimum atomic E-state index is -0.238. The van der Waals surface area contributed by atoms with E-state index < -0.39 is 0 Å². The van der Waals surface area contributed by atoms with Crippen LogP contribution in [0.1, 0.15) is 20.3 Å². The van der Waals surface area contributed by atoms with Crippen LogP contribution in [-0.4, -0.2) is 24.4 Å². The van der Waals surface area contributed by atoms with Gasteiger partial charge in [0.05, 0.1) is 22.2 Å². The molecular formula is C15H15N5OS. The fraction of sp³-hybridized carbons (Fsp3) is 0.333. The molecule has 0 aliphatic carbocycles. The lowest BCUT2D eigenvalue weighted by Crippen LogP contribution is -2.23. The zero-order chi connectivity index (χ0) is 15.7. The fourth-order valence-corrected chi connectivity index (χ4v) is 3.16. The van der Waals surface area contributed by atoms with Crippen LogP contribution >= 0.6 is 11.8 Å². The molecule has 0 spiro atoms. The Balaban J connectivity index is 2.39. The van der Waals surface area contributed by atoms with E-state index in [0.29, 0.717) is 22.9 Å². The Hall–Kier alpha value is -2.33. The van der Waals surface area contributed by atoms with Crippen LogP contribution in [0.5, 0.6) is 0 Å². The van der Waals surface area contributed by atoms with E-state index in [0.717, 1.165) is 11.9 Å². The van der Waals surface area contributed by atoms with Crippen LogP contribution in [0.3, 0.4) is 0 Å². The zero-order valence-electron chi connectivity index (χ0n) is 12.4. The number of hydrogen-bond donors (Lipinski definition) is 0. The van der Waals surface area contributed by atoms with E-state index in [9.17, 15) is 4.79 Å². The van der Waals surface area contributed by atoms with Crippen LogP contribution in [0.15, 0.2) is 34.2 Å². The lowest BCUT2D eigenvalue weighted by molar-refractivity contribution is 0.662. The molecule has 0 N–H and O–H groups in total. The van der Waals surface area contributed by atoms with Gasteiger partial charge < -0.3 is 0 Å². The van der Waals surface area contributed by atoms with Crippen LogP contribution < -0.4 is 5.56 Å². The van der Waals surface area contributed by atoms with Crippen molar-refractivity contribution in [3.63, 3.8) is 0 Å². The summed E-state index contributed by atoms with van der Waals surface area (Å²) in [6.07, 6.45) is 0.831. The van der Waals surface area contributed by atoms with E-state index in [1.807, 2.05) is 42.5 Å². The van der Waals surface area contributed by atoms with Crippen molar-refractivity contribution in [2.75, 3.05) is 0 Å². The summed E-state index contributed by atoms with van der Waals surface area (Å²) in [5.41, 5.74) is 0.717. The highest BCUT2D eigenvalue weighted by Crippen LogP contribution is 2.24. The predicted molar refractivity (Wildman–Crippen MR) is 86.0 cm³/mol. The van der Waals surface area contributed by atoms with Gasteiger partial charge in [0.15, 0.2) is 5.16 Å².